The fraction of sp³-hybridized carbons (Fsp3) is 0.474. The van der Waals surface area contributed by atoms with Crippen LogP contribution in [0.1, 0.15) is 39.5 Å². The zero-order chi connectivity index (χ0) is 17.4. The zero-order valence-electron chi connectivity index (χ0n) is 14.2. The first kappa shape index (κ1) is 18.0. The molecule has 1 aliphatic carbocycles. The van der Waals surface area contributed by atoms with Crippen LogP contribution in [0.4, 0.5) is 0 Å². The molecule has 1 aromatic rings. The molecule has 24 heavy (non-hydrogen) atoms. The largest absolute Gasteiger partial charge is 0.494 e. The topological polar surface area (TPSA) is 61.8 Å². The lowest BCUT2D eigenvalue weighted by atomic mass is 9.87. The Bertz CT molecular complexity index is 568. The summed E-state index contributed by atoms with van der Waals surface area (Å²) in [7, 11) is 0. The van der Waals surface area contributed by atoms with Crippen LogP contribution in [0.5, 0.6) is 11.5 Å². The molecule has 0 unspecified atom stereocenters. The van der Waals surface area contributed by atoms with E-state index < -0.39 is 0 Å². The number of hydrogen-bond acceptors (Lipinski definition) is 5. The van der Waals surface area contributed by atoms with E-state index in [0.29, 0.717) is 38.0 Å². The van der Waals surface area contributed by atoms with Crippen molar-refractivity contribution < 1.29 is 23.8 Å². The SMILES string of the molecule is C/C=C/C(=O)OC1CCC(C(=O)Oc2ccc(OCC)cc2)CC1. The first-order chi connectivity index (χ1) is 11.6. The molecule has 0 saturated heterocycles. The van der Waals surface area contributed by atoms with Gasteiger partial charge in [-0.25, -0.2) is 4.79 Å². The van der Waals surface area contributed by atoms with E-state index in [0.717, 1.165) is 5.75 Å². The fourth-order valence-corrected chi connectivity index (χ4v) is 2.73. The van der Waals surface area contributed by atoms with Gasteiger partial charge in [-0.15, -0.1) is 0 Å². The minimum Gasteiger partial charge on any atom is -0.494 e. The molecule has 5 nitrogen and oxygen atoms in total. The molecule has 2 rings (SSSR count). The molecule has 5 heteroatoms. The highest BCUT2D eigenvalue weighted by Crippen LogP contribution is 2.28. The summed E-state index contributed by atoms with van der Waals surface area (Å²) in [6.07, 6.45) is 5.67. The zero-order valence-corrected chi connectivity index (χ0v) is 14.2. The lowest BCUT2D eigenvalue weighted by Gasteiger charge is -2.26. The molecule has 0 atom stereocenters. The van der Waals surface area contributed by atoms with Crippen molar-refractivity contribution in [3.8, 4) is 11.5 Å². The molecule has 0 radical (unpaired) electrons. The van der Waals surface area contributed by atoms with Crippen LogP contribution in [0.2, 0.25) is 0 Å². The number of rotatable bonds is 6. The van der Waals surface area contributed by atoms with Crippen LogP contribution in [0, 0.1) is 5.92 Å². The van der Waals surface area contributed by atoms with Gasteiger partial charge in [0.2, 0.25) is 0 Å². The van der Waals surface area contributed by atoms with Crippen molar-refractivity contribution in [2.45, 2.75) is 45.6 Å². The summed E-state index contributed by atoms with van der Waals surface area (Å²) in [5.74, 6) is 0.578. The Hall–Kier alpha value is -2.30. The Labute approximate surface area is 142 Å². The Morgan fingerprint density at radius 2 is 1.71 bits per heavy atom. The molecule has 0 bridgehead atoms. The number of esters is 2. The first-order valence-corrected chi connectivity index (χ1v) is 8.40. The maximum atomic E-state index is 12.2. The van der Waals surface area contributed by atoms with Gasteiger partial charge in [0.1, 0.15) is 17.6 Å². The van der Waals surface area contributed by atoms with Gasteiger partial charge in [0, 0.05) is 6.08 Å². The summed E-state index contributed by atoms with van der Waals surface area (Å²) in [4.78, 5) is 23.7. The average molecular weight is 332 g/mol. The minimum absolute atomic E-state index is 0.108. The average Bonchev–Trinajstić information content (AvgIpc) is 2.57. The number of hydrogen-bond donors (Lipinski definition) is 0. The van der Waals surface area contributed by atoms with Crippen molar-refractivity contribution in [2.24, 2.45) is 5.92 Å². The maximum Gasteiger partial charge on any atom is 0.330 e. The van der Waals surface area contributed by atoms with Crippen molar-refractivity contribution in [3.63, 3.8) is 0 Å². The van der Waals surface area contributed by atoms with Gasteiger partial charge in [-0.05, 0) is 63.8 Å². The molecule has 1 aromatic carbocycles. The van der Waals surface area contributed by atoms with E-state index in [-0.39, 0.29) is 24.0 Å². The Morgan fingerprint density at radius 3 is 2.29 bits per heavy atom. The highest BCUT2D eigenvalue weighted by molar-refractivity contribution is 5.82. The van der Waals surface area contributed by atoms with Crippen LogP contribution in [-0.2, 0) is 14.3 Å². The standard InChI is InChI=1S/C19H24O5/c1-3-5-18(20)23-16-8-6-14(7-9-16)19(21)24-17-12-10-15(11-13-17)22-4-2/h3,5,10-14,16H,4,6-9H2,1-2H3/b5-3+. The Morgan fingerprint density at radius 1 is 1.08 bits per heavy atom. The monoisotopic (exact) mass is 332 g/mol. The van der Waals surface area contributed by atoms with Crippen molar-refractivity contribution >= 4 is 11.9 Å². The minimum atomic E-state index is -0.321. The number of carbonyl (C=O) groups excluding carboxylic acids is 2. The lowest BCUT2D eigenvalue weighted by molar-refractivity contribution is -0.147. The molecule has 0 amide bonds. The second-order valence-electron chi connectivity index (χ2n) is 5.74. The molecule has 1 aliphatic rings. The van der Waals surface area contributed by atoms with Crippen LogP contribution in [0.25, 0.3) is 0 Å². The molecule has 0 aromatic heterocycles. The highest BCUT2D eigenvalue weighted by Gasteiger charge is 2.29. The van der Waals surface area contributed by atoms with E-state index in [1.807, 2.05) is 6.92 Å². The van der Waals surface area contributed by atoms with Gasteiger partial charge in [-0.3, -0.25) is 4.79 Å². The summed E-state index contributed by atoms with van der Waals surface area (Å²) >= 11 is 0. The second-order valence-corrected chi connectivity index (χ2v) is 5.74. The van der Waals surface area contributed by atoms with Crippen LogP contribution in [0.15, 0.2) is 36.4 Å². The van der Waals surface area contributed by atoms with Gasteiger partial charge >= 0.3 is 11.9 Å². The molecule has 130 valence electrons. The van der Waals surface area contributed by atoms with Gasteiger partial charge in [0.25, 0.3) is 0 Å². The van der Waals surface area contributed by atoms with E-state index in [1.165, 1.54) is 6.08 Å². The maximum absolute atomic E-state index is 12.2. The van der Waals surface area contributed by atoms with Gasteiger partial charge in [0.15, 0.2) is 0 Å². The van der Waals surface area contributed by atoms with Gasteiger partial charge < -0.3 is 14.2 Å². The fourth-order valence-electron chi connectivity index (χ4n) is 2.73. The van der Waals surface area contributed by atoms with Gasteiger partial charge in [0.05, 0.1) is 12.5 Å². The third kappa shape index (κ3) is 5.41. The molecule has 1 saturated carbocycles. The second kappa shape index (κ2) is 9.11. The Kier molecular flexibility index (Phi) is 6.85. The molecular weight excluding hydrogens is 308 g/mol. The molecule has 0 heterocycles. The summed E-state index contributed by atoms with van der Waals surface area (Å²) in [5.41, 5.74) is 0. The molecule has 0 aliphatic heterocycles. The molecule has 0 spiro atoms. The third-order valence-corrected chi connectivity index (χ3v) is 3.95. The van der Waals surface area contributed by atoms with E-state index in [4.69, 9.17) is 14.2 Å². The molecular formula is C19H24O5. The van der Waals surface area contributed by atoms with E-state index >= 15 is 0 Å². The summed E-state index contributed by atoms with van der Waals surface area (Å²) in [6.45, 7) is 4.29. The summed E-state index contributed by atoms with van der Waals surface area (Å²) in [6, 6.07) is 7.02. The van der Waals surface area contributed by atoms with Crippen LogP contribution >= 0.6 is 0 Å². The van der Waals surface area contributed by atoms with Gasteiger partial charge in [-0.2, -0.15) is 0 Å². The quantitative estimate of drug-likeness (QED) is 0.452. The van der Waals surface area contributed by atoms with Crippen LogP contribution in [-0.4, -0.2) is 24.6 Å². The summed E-state index contributed by atoms with van der Waals surface area (Å²) < 4.78 is 16.1. The van der Waals surface area contributed by atoms with Crippen molar-refractivity contribution in [1.82, 2.24) is 0 Å². The van der Waals surface area contributed by atoms with Crippen molar-refractivity contribution in [2.75, 3.05) is 6.61 Å². The van der Waals surface area contributed by atoms with Crippen LogP contribution in [0.3, 0.4) is 0 Å². The number of ether oxygens (including phenoxy) is 3. The van der Waals surface area contributed by atoms with Gasteiger partial charge in [-0.1, -0.05) is 6.08 Å². The number of allylic oxidation sites excluding steroid dienone is 1. The number of carbonyl (C=O) groups is 2. The normalized spacial score (nSPS) is 20.6. The molecule has 1 fully saturated rings. The first-order valence-electron chi connectivity index (χ1n) is 8.40. The summed E-state index contributed by atoms with van der Waals surface area (Å²) in [5, 5.41) is 0. The van der Waals surface area contributed by atoms with E-state index in [2.05, 4.69) is 0 Å². The van der Waals surface area contributed by atoms with E-state index in [1.54, 1.807) is 37.3 Å². The number of benzene rings is 1. The smallest absolute Gasteiger partial charge is 0.330 e. The lowest BCUT2D eigenvalue weighted by Crippen LogP contribution is -2.29. The Balaban J connectivity index is 1.79. The third-order valence-electron chi connectivity index (χ3n) is 3.95. The molecule has 0 N–H and O–H groups in total. The predicted molar refractivity (Wildman–Crippen MR) is 89.9 cm³/mol. The van der Waals surface area contributed by atoms with E-state index in [9.17, 15) is 9.59 Å². The van der Waals surface area contributed by atoms with Crippen molar-refractivity contribution in [3.05, 3.63) is 36.4 Å². The highest BCUT2D eigenvalue weighted by atomic mass is 16.5. The predicted octanol–water partition coefficient (Wildman–Crippen LogP) is 3.67. The van der Waals surface area contributed by atoms with Crippen molar-refractivity contribution in [1.29, 1.82) is 0 Å². The van der Waals surface area contributed by atoms with Crippen LogP contribution < -0.4 is 9.47 Å².